The Kier molecular flexibility index (Phi) is 6.31. The largest absolute Gasteiger partial charge is 0.207 e. The van der Waals surface area contributed by atoms with Gasteiger partial charge < -0.3 is 0 Å². The third-order valence-electron chi connectivity index (χ3n) is 5.28. The molecule has 1 saturated carbocycles. The molecule has 0 unspecified atom stereocenters. The highest BCUT2D eigenvalue weighted by Gasteiger charge is 2.25. The molecule has 138 valence electrons. The van der Waals surface area contributed by atoms with Gasteiger partial charge >= 0.3 is 0 Å². The molecule has 0 heterocycles. The van der Waals surface area contributed by atoms with Crippen LogP contribution in [0.3, 0.4) is 0 Å². The zero-order valence-electron chi connectivity index (χ0n) is 15.9. The maximum atomic E-state index is 14.6. The van der Waals surface area contributed by atoms with E-state index in [1.54, 1.807) is 0 Å². The fraction of sp³-hybridized carbons (Fsp3) is 0.360. The first-order valence-corrected chi connectivity index (χ1v) is 9.56. The van der Waals surface area contributed by atoms with E-state index in [9.17, 15) is 8.78 Å². The van der Waals surface area contributed by atoms with Crippen molar-refractivity contribution in [3.8, 4) is 23.7 Å². The quantitative estimate of drug-likeness (QED) is 0.556. The molecule has 0 amide bonds. The summed E-state index contributed by atoms with van der Waals surface area (Å²) in [7, 11) is 0. The molecule has 2 heteroatoms. The smallest absolute Gasteiger partial charge is 0.130 e. The van der Waals surface area contributed by atoms with Crippen LogP contribution in [0.5, 0.6) is 0 Å². The molecule has 0 spiro atoms. The molecule has 0 aromatic heterocycles. The maximum absolute atomic E-state index is 14.6. The summed E-state index contributed by atoms with van der Waals surface area (Å²) in [6, 6.07) is 10.5. The first-order chi connectivity index (χ1) is 13.1. The van der Waals surface area contributed by atoms with Crippen LogP contribution in [0.25, 0.3) is 0 Å². The van der Waals surface area contributed by atoms with Crippen LogP contribution in [-0.2, 0) is 6.42 Å². The molecule has 1 aliphatic rings. The lowest BCUT2D eigenvalue weighted by atomic mass is 9.79. The highest BCUT2D eigenvalue weighted by atomic mass is 19.1. The predicted molar refractivity (Wildman–Crippen MR) is 106 cm³/mol. The molecule has 0 nitrogen and oxygen atoms in total. The van der Waals surface area contributed by atoms with Crippen LogP contribution in [0, 0.1) is 41.2 Å². The van der Waals surface area contributed by atoms with Gasteiger partial charge in [-0.1, -0.05) is 49.7 Å². The van der Waals surface area contributed by atoms with Crippen LogP contribution in [0.4, 0.5) is 8.78 Å². The Balaban J connectivity index is 1.77. The van der Waals surface area contributed by atoms with Crippen molar-refractivity contribution >= 4 is 0 Å². The van der Waals surface area contributed by atoms with E-state index in [2.05, 4.69) is 30.6 Å². The molecule has 0 radical (unpaired) electrons. The molecular formula is C25H24F2. The fourth-order valence-electron chi connectivity index (χ4n) is 3.64. The Morgan fingerprint density at radius 3 is 2.07 bits per heavy atom. The fourth-order valence-corrected chi connectivity index (χ4v) is 3.64. The zero-order chi connectivity index (χ0) is 19.2. The Morgan fingerprint density at radius 1 is 0.889 bits per heavy atom. The number of rotatable bonds is 2. The van der Waals surface area contributed by atoms with Gasteiger partial charge in [-0.25, -0.2) is 8.78 Å². The summed E-state index contributed by atoms with van der Waals surface area (Å²) in [5, 5.41) is 0. The van der Waals surface area contributed by atoms with E-state index >= 15 is 0 Å². The second-order valence-corrected chi connectivity index (χ2v) is 7.36. The zero-order valence-corrected chi connectivity index (χ0v) is 15.9. The summed E-state index contributed by atoms with van der Waals surface area (Å²) < 4.78 is 29.1. The van der Waals surface area contributed by atoms with Crippen LogP contribution < -0.4 is 0 Å². The summed E-state index contributed by atoms with van der Waals surface area (Å²) in [5.74, 6) is 11.5. The third-order valence-corrected chi connectivity index (χ3v) is 5.28. The van der Waals surface area contributed by atoms with Crippen LogP contribution in [-0.4, -0.2) is 0 Å². The van der Waals surface area contributed by atoms with Crippen molar-refractivity contribution in [3.05, 3.63) is 70.3 Å². The summed E-state index contributed by atoms with van der Waals surface area (Å²) in [6.45, 7) is 4.02. The first-order valence-electron chi connectivity index (χ1n) is 9.56. The van der Waals surface area contributed by atoms with E-state index in [4.69, 9.17) is 0 Å². The highest BCUT2D eigenvalue weighted by Crippen LogP contribution is 2.38. The van der Waals surface area contributed by atoms with Gasteiger partial charge in [0.15, 0.2) is 0 Å². The molecule has 0 bridgehead atoms. The van der Waals surface area contributed by atoms with Gasteiger partial charge in [0.2, 0.25) is 0 Å². The molecule has 0 saturated heterocycles. The first kappa shape index (κ1) is 19.2. The molecular weight excluding hydrogens is 338 g/mol. The van der Waals surface area contributed by atoms with Crippen LogP contribution >= 0.6 is 0 Å². The molecule has 0 N–H and O–H groups in total. The lowest BCUT2D eigenvalue weighted by Crippen LogP contribution is -2.13. The number of hydrogen-bond donors (Lipinski definition) is 0. The molecule has 3 rings (SSSR count). The SMILES string of the molecule is CC#CCc1ccc(C#Cc2cc(F)c(C3CCC(C)CC3)c(F)c2)cc1. The molecule has 1 fully saturated rings. The second kappa shape index (κ2) is 8.88. The van der Waals surface area contributed by atoms with E-state index in [1.807, 2.05) is 31.2 Å². The Morgan fingerprint density at radius 2 is 1.48 bits per heavy atom. The van der Waals surface area contributed by atoms with Crippen molar-refractivity contribution in [1.82, 2.24) is 0 Å². The molecule has 0 atom stereocenters. The normalized spacial score (nSPS) is 18.8. The van der Waals surface area contributed by atoms with Crippen molar-refractivity contribution in [2.45, 2.75) is 51.9 Å². The standard InChI is InChI=1S/C25H24F2/c1-3-4-5-19-8-10-20(11-9-19)12-13-21-16-23(26)25(24(27)17-21)22-14-6-18(2)7-15-22/h8-11,16-18,22H,5-7,14-15H2,1-2H3. The Labute approximate surface area is 161 Å². The van der Waals surface area contributed by atoms with Crippen molar-refractivity contribution in [1.29, 1.82) is 0 Å². The number of halogens is 2. The number of hydrogen-bond acceptors (Lipinski definition) is 0. The summed E-state index contributed by atoms with van der Waals surface area (Å²) in [5.41, 5.74) is 2.56. The van der Waals surface area contributed by atoms with E-state index in [0.29, 0.717) is 17.9 Å². The highest BCUT2D eigenvalue weighted by molar-refractivity contribution is 5.45. The van der Waals surface area contributed by atoms with Crippen LogP contribution in [0.1, 0.15) is 67.7 Å². The van der Waals surface area contributed by atoms with Crippen molar-refractivity contribution in [2.75, 3.05) is 0 Å². The summed E-state index contributed by atoms with van der Waals surface area (Å²) in [6.07, 6.45) is 4.49. The third kappa shape index (κ3) is 4.99. The van der Waals surface area contributed by atoms with E-state index in [1.165, 1.54) is 12.1 Å². The van der Waals surface area contributed by atoms with Crippen molar-refractivity contribution in [2.24, 2.45) is 5.92 Å². The van der Waals surface area contributed by atoms with Crippen molar-refractivity contribution in [3.63, 3.8) is 0 Å². The molecule has 1 aliphatic carbocycles. The lowest BCUT2D eigenvalue weighted by molar-refractivity contribution is 0.335. The van der Waals surface area contributed by atoms with Crippen LogP contribution in [0.2, 0.25) is 0 Å². The number of benzene rings is 2. The van der Waals surface area contributed by atoms with E-state index in [0.717, 1.165) is 36.8 Å². The lowest BCUT2D eigenvalue weighted by Gasteiger charge is -2.27. The minimum Gasteiger partial charge on any atom is -0.207 e. The monoisotopic (exact) mass is 362 g/mol. The van der Waals surface area contributed by atoms with Gasteiger partial charge in [0.25, 0.3) is 0 Å². The molecule has 2 aromatic carbocycles. The summed E-state index contributed by atoms with van der Waals surface area (Å²) in [4.78, 5) is 0. The van der Waals surface area contributed by atoms with Crippen molar-refractivity contribution < 1.29 is 8.78 Å². The second-order valence-electron chi connectivity index (χ2n) is 7.36. The minimum absolute atomic E-state index is 0.0121. The average Bonchev–Trinajstić information content (AvgIpc) is 2.66. The topological polar surface area (TPSA) is 0 Å². The van der Waals surface area contributed by atoms with E-state index in [-0.39, 0.29) is 11.5 Å². The van der Waals surface area contributed by atoms with Gasteiger partial charge in [-0.2, -0.15) is 0 Å². The molecule has 27 heavy (non-hydrogen) atoms. The Bertz CT molecular complexity index is 886. The van der Waals surface area contributed by atoms with Gasteiger partial charge in [0, 0.05) is 23.1 Å². The van der Waals surface area contributed by atoms with Gasteiger partial charge in [0.1, 0.15) is 11.6 Å². The van der Waals surface area contributed by atoms with Crippen LogP contribution in [0.15, 0.2) is 36.4 Å². The predicted octanol–water partition coefficient (Wildman–Crippen LogP) is 6.22. The maximum Gasteiger partial charge on any atom is 0.130 e. The van der Waals surface area contributed by atoms with Gasteiger partial charge in [-0.15, -0.1) is 5.92 Å². The minimum atomic E-state index is -0.465. The van der Waals surface area contributed by atoms with Gasteiger partial charge in [-0.05, 0) is 61.4 Å². The van der Waals surface area contributed by atoms with Gasteiger partial charge in [-0.3, -0.25) is 0 Å². The molecule has 0 aliphatic heterocycles. The van der Waals surface area contributed by atoms with Gasteiger partial charge in [0.05, 0.1) is 0 Å². The molecule has 2 aromatic rings. The Hall–Kier alpha value is -2.58. The summed E-state index contributed by atoms with van der Waals surface area (Å²) >= 11 is 0. The average molecular weight is 362 g/mol. The van der Waals surface area contributed by atoms with E-state index < -0.39 is 11.6 Å².